The van der Waals surface area contributed by atoms with E-state index < -0.39 is 0 Å². The number of rotatable bonds is 2. The molecule has 84 valence electrons. The van der Waals surface area contributed by atoms with E-state index in [4.69, 9.17) is 5.84 Å². The molecule has 0 saturated heterocycles. The highest BCUT2D eigenvalue weighted by molar-refractivity contribution is 5.78. The van der Waals surface area contributed by atoms with Gasteiger partial charge < -0.3 is 29.4 Å². The summed E-state index contributed by atoms with van der Waals surface area (Å²) in [5.74, 6) is 6.07. The third-order valence-corrected chi connectivity index (χ3v) is 2.10. The average molecular weight is 247 g/mol. The molecular formula is C9H12Cl2N4-2. The average Bonchev–Trinajstić information content (AvgIpc) is 2.55. The van der Waals surface area contributed by atoms with Crippen LogP contribution in [0.5, 0.6) is 0 Å². The minimum atomic E-state index is 0. The number of para-hydroxylation sites is 2. The fraction of sp³-hybridized carbons (Fsp3) is 0.222. The Morgan fingerprint density at radius 2 is 2.00 bits per heavy atom. The second kappa shape index (κ2) is 5.80. The van der Waals surface area contributed by atoms with Gasteiger partial charge in [0.1, 0.15) is 0 Å². The van der Waals surface area contributed by atoms with E-state index in [1.54, 1.807) is 0 Å². The van der Waals surface area contributed by atoms with E-state index in [2.05, 4.69) is 17.3 Å². The molecule has 0 unspecified atom stereocenters. The number of aromatic nitrogens is 2. The summed E-state index contributed by atoms with van der Waals surface area (Å²) < 4.78 is 2.04. The predicted molar refractivity (Wildman–Crippen MR) is 53.2 cm³/mol. The van der Waals surface area contributed by atoms with Gasteiger partial charge in [-0.05, 0) is 19.1 Å². The molecule has 1 aromatic carbocycles. The monoisotopic (exact) mass is 246 g/mol. The normalized spacial score (nSPS) is 9.20. The van der Waals surface area contributed by atoms with Crippen LogP contribution in [0.2, 0.25) is 0 Å². The SMILES string of the molecule is CCn1c(NN)nc2ccccc21.[Cl-].[Cl-]. The first-order valence-corrected chi connectivity index (χ1v) is 4.28. The summed E-state index contributed by atoms with van der Waals surface area (Å²) in [7, 11) is 0. The fourth-order valence-electron chi connectivity index (χ4n) is 1.51. The van der Waals surface area contributed by atoms with Crippen LogP contribution in [0.25, 0.3) is 11.0 Å². The van der Waals surface area contributed by atoms with Crippen LogP contribution < -0.4 is 36.1 Å². The molecule has 2 rings (SSSR count). The number of nitrogens with zero attached hydrogens (tertiary/aromatic N) is 2. The first kappa shape index (κ1) is 14.0. The number of hydrogen-bond acceptors (Lipinski definition) is 3. The molecule has 0 amide bonds. The summed E-state index contributed by atoms with van der Waals surface area (Å²) in [6, 6.07) is 7.97. The van der Waals surface area contributed by atoms with Crippen LogP contribution >= 0.6 is 0 Å². The lowest BCUT2D eigenvalue weighted by molar-refractivity contribution is -0.00100. The van der Waals surface area contributed by atoms with Gasteiger partial charge in [0.25, 0.3) is 0 Å². The number of hydrogen-bond donors (Lipinski definition) is 2. The lowest BCUT2D eigenvalue weighted by Crippen LogP contribution is -3.00. The van der Waals surface area contributed by atoms with Crippen LogP contribution in [0, 0.1) is 0 Å². The highest BCUT2D eigenvalue weighted by Crippen LogP contribution is 2.17. The molecule has 0 atom stereocenters. The highest BCUT2D eigenvalue weighted by Gasteiger charge is 2.05. The molecule has 0 bridgehead atoms. The van der Waals surface area contributed by atoms with Gasteiger partial charge in [-0.1, -0.05) is 12.1 Å². The van der Waals surface area contributed by atoms with Gasteiger partial charge in [0.05, 0.1) is 11.0 Å². The molecule has 0 aliphatic carbocycles. The zero-order valence-electron chi connectivity index (χ0n) is 8.24. The number of nitrogens with one attached hydrogen (secondary N) is 1. The number of hydrazine groups is 1. The number of aryl methyl sites for hydroxylation is 1. The summed E-state index contributed by atoms with van der Waals surface area (Å²) in [6.07, 6.45) is 0. The Kier molecular flexibility index (Phi) is 5.43. The number of anilines is 1. The molecule has 1 aromatic heterocycles. The summed E-state index contributed by atoms with van der Waals surface area (Å²) in [5.41, 5.74) is 4.67. The molecule has 4 nitrogen and oxygen atoms in total. The van der Waals surface area contributed by atoms with E-state index in [1.165, 1.54) is 0 Å². The van der Waals surface area contributed by atoms with E-state index in [9.17, 15) is 0 Å². The number of fused-ring (bicyclic) bond motifs is 1. The van der Waals surface area contributed by atoms with Crippen molar-refractivity contribution in [2.24, 2.45) is 5.84 Å². The molecule has 0 spiro atoms. The molecule has 3 N–H and O–H groups in total. The van der Waals surface area contributed by atoms with Crippen LogP contribution in [0.3, 0.4) is 0 Å². The van der Waals surface area contributed by atoms with Gasteiger partial charge >= 0.3 is 0 Å². The molecule has 0 fully saturated rings. The lowest BCUT2D eigenvalue weighted by atomic mass is 10.3. The third kappa shape index (κ3) is 2.34. The van der Waals surface area contributed by atoms with Crippen molar-refractivity contribution in [3.05, 3.63) is 24.3 Å². The molecule has 0 aliphatic rings. The minimum Gasteiger partial charge on any atom is -1.00 e. The highest BCUT2D eigenvalue weighted by atomic mass is 35.5. The Hall–Kier alpha value is -0.970. The van der Waals surface area contributed by atoms with E-state index in [-0.39, 0.29) is 24.8 Å². The number of nitrogens with two attached hydrogens (primary N) is 1. The van der Waals surface area contributed by atoms with Crippen LogP contribution in [0.4, 0.5) is 5.95 Å². The molecule has 0 radical (unpaired) electrons. The van der Waals surface area contributed by atoms with Crippen LogP contribution in [-0.4, -0.2) is 9.55 Å². The van der Waals surface area contributed by atoms with Gasteiger partial charge in [0, 0.05) is 6.54 Å². The smallest absolute Gasteiger partial charge is 0.218 e. The largest absolute Gasteiger partial charge is 1.00 e. The van der Waals surface area contributed by atoms with Crippen molar-refractivity contribution in [2.45, 2.75) is 13.5 Å². The van der Waals surface area contributed by atoms with Crippen LogP contribution in [-0.2, 0) is 6.54 Å². The van der Waals surface area contributed by atoms with Gasteiger partial charge in [0.15, 0.2) is 0 Å². The van der Waals surface area contributed by atoms with Crippen LogP contribution in [0.1, 0.15) is 6.92 Å². The maximum Gasteiger partial charge on any atom is 0.218 e. The Balaban J connectivity index is 0.000000980. The summed E-state index contributed by atoms with van der Waals surface area (Å²) in [5, 5.41) is 0. The third-order valence-electron chi connectivity index (χ3n) is 2.10. The van der Waals surface area contributed by atoms with Crippen molar-refractivity contribution in [3.8, 4) is 0 Å². The summed E-state index contributed by atoms with van der Waals surface area (Å²) in [4.78, 5) is 4.33. The Labute approximate surface area is 101 Å². The zero-order valence-corrected chi connectivity index (χ0v) is 9.76. The lowest BCUT2D eigenvalue weighted by Gasteiger charge is -2.03. The van der Waals surface area contributed by atoms with Gasteiger partial charge in [-0.25, -0.2) is 10.8 Å². The molecule has 15 heavy (non-hydrogen) atoms. The minimum absolute atomic E-state index is 0. The van der Waals surface area contributed by atoms with E-state index in [1.807, 2.05) is 28.8 Å². The van der Waals surface area contributed by atoms with Crippen molar-refractivity contribution in [2.75, 3.05) is 5.43 Å². The molecule has 0 saturated carbocycles. The first-order valence-electron chi connectivity index (χ1n) is 4.28. The van der Waals surface area contributed by atoms with Gasteiger partial charge in [0.2, 0.25) is 5.95 Å². The van der Waals surface area contributed by atoms with Gasteiger partial charge in [-0.15, -0.1) is 0 Å². The maximum atomic E-state index is 5.36. The second-order valence-corrected chi connectivity index (χ2v) is 2.81. The molecule has 1 heterocycles. The van der Waals surface area contributed by atoms with Crippen LogP contribution in [0.15, 0.2) is 24.3 Å². The Bertz CT molecular complexity index is 427. The van der Waals surface area contributed by atoms with Crippen molar-refractivity contribution in [1.29, 1.82) is 0 Å². The number of halogens is 2. The summed E-state index contributed by atoms with van der Waals surface area (Å²) >= 11 is 0. The topological polar surface area (TPSA) is 55.9 Å². The number of benzene rings is 1. The van der Waals surface area contributed by atoms with Crippen molar-refractivity contribution in [3.63, 3.8) is 0 Å². The standard InChI is InChI=1S/C9H12N4.2ClH/c1-2-13-8-6-4-3-5-7(8)11-9(13)12-10;;/h3-6H,2,10H2,1H3,(H,11,12);2*1H/p-2. The zero-order chi connectivity index (χ0) is 9.26. The Morgan fingerprint density at radius 3 is 2.60 bits per heavy atom. The van der Waals surface area contributed by atoms with Gasteiger partial charge in [-0.2, -0.15) is 0 Å². The quantitative estimate of drug-likeness (QED) is 0.414. The number of nitrogen functional groups attached to an aromatic ring is 1. The van der Waals surface area contributed by atoms with E-state index >= 15 is 0 Å². The maximum absolute atomic E-state index is 5.36. The molecular weight excluding hydrogens is 235 g/mol. The van der Waals surface area contributed by atoms with Crippen molar-refractivity contribution >= 4 is 17.0 Å². The first-order chi connectivity index (χ1) is 6.36. The predicted octanol–water partition coefficient (Wildman–Crippen LogP) is -4.65. The molecule has 2 aromatic rings. The number of imidazole rings is 1. The van der Waals surface area contributed by atoms with Gasteiger partial charge in [-0.3, -0.25) is 5.43 Å². The molecule has 0 aliphatic heterocycles. The fourth-order valence-corrected chi connectivity index (χ4v) is 1.51. The summed E-state index contributed by atoms with van der Waals surface area (Å²) in [6.45, 7) is 2.93. The second-order valence-electron chi connectivity index (χ2n) is 2.81. The molecule has 6 heteroatoms. The van der Waals surface area contributed by atoms with E-state index in [0.29, 0.717) is 5.95 Å². The Morgan fingerprint density at radius 1 is 1.33 bits per heavy atom. The van der Waals surface area contributed by atoms with Crippen molar-refractivity contribution < 1.29 is 24.8 Å². The van der Waals surface area contributed by atoms with Crippen molar-refractivity contribution in [1.82, 2.24) is 9.55 Å². The van der Waals surface area contributed by atoms with E-state index in [0.717, 1.165) is 17.6 Å².